The Kier molecular flexibility index (Phi) is 4.18. The minimum atomic E-state index is -4.39. The average molecular weight is 299 g/mol. The number of nitrogens with one attached hydrogen (secondary N) is 2. The summed E-state index contributed by atoms with van der Waals surface area (Å²) in [5, 5.41) is 2.79. The lowest BCUT2D eigenvalue weighted by molar-refractivity contribution is -0.137. The molecule has 0 bridgehead atoms. The van der Waals surface area contributed by atoms with Crippen molar-refractivity contribution in [2.45, 2.75) is 12.7 Å². The first-order valence-electron chi connectivity index (χ1n) is 5.91. The molecule has 1 aromatic heterocycles. The summed E-state index contributed by atoms with van der Waals surface area (Å²) in [4.78, 5) is 11.2. The standard InChI is InChI=1S/C13H12F3N3O2/c14-13(15,16)8-2-1-3-9(6-8)18-7-10-4-5-11(21-10)12(20)19-17/h1-6,18H,7,17H2,(H,19,20). The van der Waals surface area contributed by atoms with E-state index in [2.05, 4.69) is 5.32 Å². The second-order valence-electron chi connectivity index (χ2n) is 4.17. The SMILES string of the molecule is NNC(=O)c1ccc(CNc2cccc(C(F)(F)F)c2)o1. The van der Waals surface area contributed by atoms with E-state index < -0.39 is 17.6 Å². The maximum atomic E-state index is 12.6. The summed E-state index contributed by atoms with van der Waals surface area (Å²) < 4.78 is 42.9. The molecule has 0 spiro atoms. The van der Waals surface area contributed by atoms with Crippen LogP contribution in [-0.2, 0) is 12.7 Å². The topological polar surface area (TPSA) is 80.3 Å². The van der Waals surface area contributed by atoms with Crippen LogP contribution in [0, 0.1) is 0 Å². The average Bonchev–Trinajstić information content (AvgIpc) is 2.92. The number of amides is 1. The highest BCUT2D eigenvalue weighted by Gasteiger charge is 2.30. The summed E-state index contributed by atoms with van der Waals surface area (Å²) in [5.41, 5.74) is 1.47. The van der Waals surface area contributed by atoms with E-state index >= 15 is 0 Å². The van der Waals surface area contributed by atoms with Crippen LogP contribution in [0.15, 0.2) is 40.8 Å². The Bertz CT molecular complexity index is 638. The lowest BCUT2D eigenvalue weighted by Gasteiger charge is -2.09. The number of hydrazine groups is 1. The molecule has 4 N–H and O–H groups in total. The zero-order valence-corrected chi connectivity index (χ0v) is 10.7. The Balaban J connectivity index is 2.03. The molecule has 0 saturated heterocycles. The highest BCUT2D eigenvalue weighted by Crippen LogP contribution is 2.30. The molecular formula is C13H12F3N3O2. The number of hydrogen-bond donors (Lipinski definition) is 3. The van der Waals surface area contributed by atoms with Gasteiger partial charge in [-0.2, -0.15) is 13.2 Å². The molecule has 5 nitrogen and oxygen atoms in total. The number of carbonyl (C=O) groups is 1. The molecule has 0 radical (unpaired) electrons. The molecule has 8 heteroatoms. The third-order valence-electron chi connectivity index (χ3n) is 2.67. The monoisotopic (exact) mass is 299 g/mol. The largest absolute Gasteiger partial charge is 0.454 e. The minimum Gasteiger partial charge on any atom is -0.454 e. The quantitative estimate of drug-likeness (QED) is 0.460. The fraction of sp³-hybridized carbons (Fsp3) is 0.154. The number of nitrogens with two attached hydrogens (primary N) is 1. The number of furan rings is 1. The minimum absolute atomic E-state index is 0.0262. The van der Waals surface area contributed by atoms with E-state index in [0.717, 1.165) is 12.1 Å². The van der Waals surface area contributed by atoms with E-state index in [1.165, 1.54) is 24.3 Å². The van der Waals surface area contributed by atoms with Gasteiger partial charge >= 0.3 is 12.1 Å². The predicted octanol–water partition coefficient (Wildman–Crippen LogP) is 2.51. The van der Waals surface area contributed by atoms with Crippen LogP contribution < -0.4 is 16.6 Å². The Morgan fingerprint density at radius 3 is 2.67 bits per heavy atom. The highest BCUT2D eigenvalue weighted by atomic mass is 19.4. The van der Waals surface area contributed by atoms with Gasteiger partial charge in [-0.1, -0.05) is 6.07 Å². The van der Waals surface area contributed by atoms with Crippen molar-refractivity contribution in [2.24, 2.45) is 5.84 Å². The van der Waals surface area contributed by atoms with Gasteiger partial charge < -0.3 is 9.73 Å². The van der Waals surface area contributed by atoms with Gasteiger partial charge in [0.15, 0.2) is 5.76 Å². The summed E-state index contributed by atoms with van der Waals surface area (Å²) in [6, 6.07) is 7.75. The normalized spacial score (nSPS) is 11.2. The van der Waals surface area contributed by atoms with Gasteiger partial charge in [-0.3, -0.25) is 10.2 Å². The fourth-order valence-electron chi connectivity index (χ4n) is 1.66. The molecule has 0 aliphatic carbocycles. The molecule has 2 rings (SSSR count). The number of halogens is 3. The van der Waals surface area contributed by atoms with E-state index in [0.29, 0.717) is 11.4 Å². The van der Waals surface area contributed by atoms with Crippen LogP contribution in [0.25, 0.3) is 0 Å². The van der Waals surface area contributed by atoms with Crippen molar-refractivity contribution in [3.63, 3.8) is 0 Å². The Morgan fingerprint density at radius 1 is 1.24 bits per heavy atom. The molecule has 1 amide bonds. The summed E-state index contributed by atoms with van der Waals surface area (Å²) in [6.07, 6.45) is -4.39. The van der Waals surface area contributed by atoms with E-state index in [-0.39, 0.29) is 12.3 Å². The van der Waals surface area contributed by atoms with Gasteiger partial charge in [0, 0.05) is 5.69 Å². The summed E-state index contributed by atoms with van der Waals surface area (Å²) in [6.45, 7) is 0.138. The Morgan fingerprint density at radius 2 is 2.00 bits per heavy atom. The predicted molar refractivity (Wildman–Crippen MR) is 69.1 cm³/mol. The first-order chi connectivity index (χ1) is 9.90. The van der Waals surface area contributed by atoms with Gasteiger partial charge in [-0.25, -0.2) is 5.84 Å². The van der Waals surface area contributed by atoms with Crippen LogP contribution >= 0.6 is 0 Å². The van der Waals surface area contributed by atoms with Crippen LogP contribution in [0.2, 0.25) is 0 Å². The maximum absolute atomic E-state index is 12.6. The van der Waals surface area contributed by atoms with E-state index in [1.807, 2.05) is 5.43 Å². The van der Waals surface area contributed by atoms with Crippen molar-refractivity contribution in [3.05, 3.63) is 53.5 Å². The number of alkyl halides is 3. The molecule has 21 heavy (non-hydrogen) atoms. The van der Waals surface area contributed by atoms with Crippen molar-refractivity contribution >= 4 is 11.6 Å². The molecule has 1 aromatic carbocycles. The number of carbonyl (C=O) groups excluding carboxylic acids is 1. The van der Waals surface area contributed by atoms with Crippen LogP contribution in [-0.4, -0.2) is 5.91 Å². The van der Waals surface area contributed by atoms with Gasteiger partial charge in [-0.15, -0.1) is 0 Å². The van der Waals surface area contributed by atoms with Gasteiger partial charge in [-0.05, 0) is 30.3 Å². The lowest BCUT2D eigenvalue weighted by atomic mass is 10.2. The second-order valence-corrected chi connectivity index (χ2v) is 4.17. The number of rotatable bonds is 4. The molecule has 112 valence electrons. The summed E-state index contributed by atoms with van der Waals surface area (Å²) in [5.74, 6) is 4.79. The summed E-state index contributed by atoms with van der Waals surface area (Å²) >= 11 is 0. The van der Waals surface area contributed by atoms with Crippen LogP contribution in [0.1, 0.15) is 21.9 Å². The van der Waals surface area contributed by atoms with Crippen molar-refractivity contribution < 1.29 is 22.4 Å². The lowest BCUT2D eigenvalue weighted by Crippen LogP contribution is -2.29. The number of hydrogen-bond acceptors (Lipinski definition) is 4. The summed E-state index contributed by atoms with van der Waals surface area (Å²) in [7, 11) is 0. The fourth-order valence-corrected chi connectivity index (χ4v) is 1.66. The first kappa shape index (κ1) is 14.9. The Labute approximate surface area is 117 Å². The van der Waals surface area contributed by atoms with Crippen molar-refractivity contribution in [1.29, 1.82) is 0 Å². The van der Waals surface area contributed by atoms with E-state index in [4.69, 9.17) is 10.3 Å². The molecular weight excluding hydrogens is 287 g/mol. The van der Waals surface area contributed by atoms with Crippen molar-refractivity contribution in [2.75, 3.05) is 5.32 Å². The second kappa shape index (κ2) is 5.88. The molecule has 2 aromatic rings. The van der Waals surface area contributed by atoms with Gasteiger partial charge in [0.2, 0.25) is 0 Å². The smallest absolute Gasteiger partial charge is 0.416 e. The van der Waals surface area contributed by atoms with Crippen LogP contribution in [0.5, 0.6) is 0 Å². The number of anilines is 1. The van der Waals surface area contributed by atoms with Gasteiger partial charge in [0.1, 0.15) is 5.76 Å². The molecule has 0 aliphatic rings. The highest BCUT2D eigenvalue weighted by molar-refractivity contribution is 5.90. The van der Waals surface area contributed by atoms with Gasteiger partial charge in [0.25, 0.3) is 0 Å². The first-order valence-corrected chi connectivity index (χ1v) is 5.91. The zero-order valence-electron chi connectivity index (χ0n) is 10.7. The van der Waals surface area contributed by atoms with Crippen LogP contribution in [0.3, 0.4) is 0 Å². The maximum Gasteiger partial charge on any atom is 0.416 e. The van der Waals surface area contributed by atoms with E-state index in [1.54, 1.807) is 0 Å². The number of nitrogen functional groups attached to an aromatic ring is 1. The van der Waals surface area contributed by atoms with Crippen molar-refractivity contribution in [3.8, 4) is 0 Å². The molecule has 0 aliphatic heterocycles. The van der Waals surface area contributed by atoms with Gasteiger partial charge in [0.05, 0.1) is 12.1 Å². The van der Waals surface area contributed by atoms with E-state index in [9.17, 15) is 18.0 Å². The molecule has 0 atom stereocenters. The molecule has 0 fully saturated rings. The van der Waals surface area contributed by atoms with Crippen LogP contribution in [0.4, 0.5) is 18.9 Å². The zero-order chi connectivity index (χ0) is 15.5. The molecule has 0 unspecified atom stereocenters. The third kappa shape index (κ3) is 3.76. The number of benzene rings is 1. The van der Waals surface area contributed by atoms with Crippen molar-refractivity contribution in [1.82, 2.24) is 5.43 Å². The molecule has 0 saturated carbocycles. The molecule has 1 heterocycles. The Hall–Kier alpha value is -2.48. The third-order valence-corrected chi connectivity index (χ3v) is 2.67.